The predicted octanol–water partition coefficient (Wildman–Crippen LogP) is 3.75. The molecule has 0 aliphatic rings. The van der Waals surface area contributed by atoms with Crippen molar-refractivity contribution in [1.82, 2.24) is 0 Å². The van der Waals surface area contributed by atoms with Crippen LogP contribution in [0.3, 0.4) is 0 Å². The number of nitrogens with two attached hydrogens (primary N) is 1. The zero-order chi connectivity index (χ0) is 14.9. The molecular weight excluding hydrogens is 248 g/mol. The highest BCUT2D eigenvalue weighted by Gasteiger charge is 2.11. The number of hydrogen-bond acceptors (Lipinski definition) is 2. The molecule has 0 heterocycles. The van der Waals surface area contributed by atoms with Crippen molar-refractivity contribution >= 4 is 17.3 Å². The van der Waals surface area contributed by atoms with Gasteiger partial charge in [0.2, 0.25) is 0 Å². The van der Waals surface area contributed by atoms with Crippen molar-refractivity contribution in [3.05, 3.63) is 58.1 Å². The Labute approximate surface area is 119 Å². The lowest BCUT2D eigenvalue weighted by Crippen LogP contribution is -2.14. The lowest BCUT2D eigenvalue weighted by molar-refractivity contribution is 0.102. The lowest BCUT2D eigenvalue weighted by Gasteiger charge is -2.13. The summed E-state index contributed by atoms with van der Waals surface area (Å²) in [4.78, 5) is 12.3. The van der Waals surface area contributed by atoms with Gasteiger partial charge in [-0.15, -0.1) is 0 Å². The molecule has 0 fully saturated rings. The molecule has 0 aromatic heterocycles. The summed E-state index contributed by atoms with van der Waals surface area (Å²) >= 11 is 0. The summed E-state index contributed by atoms with van der Waals surface area (Å²) in [5, 5.41) is 2.97. The summed E-state index contributed by atoms with van der Waals surface area (Å²) in [7, 11) is 0. The molecular formula is C17H20N2O. The molecule has 3 nitrogen and oxygen atoms in total. The molecule has 0 radical (unpaired) electrons. The average molecular weight is 268 g/mol. The highest BCUT2D eigenvalue weighted by Crippen LogP contribution is 2.23. The van der Waals surface area contributed by atoms with Crippen LogP contribution < -0.4 is 11.1 Å². The van der Waals surface area contributed by atoms with E-state index in [4.69, 9.17) is 5.73 Å². The van der Waals surface area contributed by atoms with E-state index < -0.39 is 0 Å². The highest BCUT2D eigenvalue weighted by molar-refractivity contribution is 6.05. The summed E-state index contributed by atoms with van der Waals surface area (Å²) in [6.07, 6.45) is 0. The van der Waals surface area contributed by atoms with Crippen molar-refractivity contribution in [2.24, 2.45) is 0 Å². The number of aryl methyl sites for hydroxylation is 4. The molecule has 2 rings (SSSR count). The van der Waals surface area contributed by atoms with Crippen LogP contribution in [-0.4, -0.2) is 5.91 Å². The van der Waals surface area contributed by atoms with Gasteiger partial charge in [-0.2, -0.15) is 0 Å². The molecule has 0 spiro atoms. The SMILES string of the molecule is Cc1cc(C)c(NC(=O)c2ccc(C)c(N)c2)c(C)c1. The van der Waals surface area contributed by atoms with Crippen LogP contribution in [0, 0.1) is 27.7 Å². The van der Waals surface area contributed by atoms with Crippen LogP contribution in [0.1, 0.15) is 32.6 Å². The number of anilines is 2. The van der Waals surface area contributed by atoms with Gasteiger partial charge in [-0.05, 0) is 56.5 Å². The Morgan fingerprint density at radius 1 is 0.950 bits per heavy atom. The van der Waals surface area contributed by atoms with Crippen molar-refractivity contribution < 1.29 is 4.79 Å². The van der Waals surface area contributed by atoms with Crippen molar-refractivity contribution in [3.63, 3.8) is 0 Å². The summed E-state index contributed by atoms with van der Waals surface area (Å²) in [6, 6.07) is 9.49. The first-order chi connectivity index (χ1) is 9.38. The minimum atomic E-state index is -0.133. The topological polar surface area (TPSA) is 55.1 Å². The van der Waals surface area contributed by atoms with Gasteiger partial charge in [0.25, 0.3) is 5.91 Å². The number of hydrogen-bond donors (Lipinski definition) is 2. The average Bonchev–Trinajstić information content (AvgIpc) is 2.36. The van der Waals surface area contributed by atoms with E-state index in [1.807, 2.05) is 33.8 Å². The van der Waals surface area contributed by atoms with Gasteiger partial charge in [-0.1, -0.05) is 23.8 Å². The first-order valence-corrected chi connectivity index (χ1v) is 6.64. The molecule has 0 aliphatic carbocycles. The zero-order valence-corrected chi connectivity index (χ0v) is 12.4. The number of carbonyl (C=O) groups is 1. The van der Waals surface area contributed by atoms with Crippen molar-refractivity contribution in [2.75, 3.05) is 11.1 Å². The highest BCUT2D eigenvalue weighted by atomic mass is 16.1. The predicted molar refractivity (Wildman–Crippen MR) is 84.2 cm³/mol. The normalized spacial score (nSPS) is 10.4. The van der Waals surface area contributed by atoms with Crippen LogP contribution in [0.5, 0.6) is 0 Å². The van der Waals surface area contributed by atoms with Crippen LogP contribution in [0.2, 0.25) is 0 Å². The summed E-state index contributed by atoms with van der Waals surface area (Å²) in [6.45, 7) is 7.97. The van der Waals surface area contributed by atoms with E-state index in [1.165, 1.54) is 5.56 Å². The van der Waals surface area contributed by atoms with E-state index >= 15 is 0 Å². The van der Waals surface area contributed by atoms with E-state index in [1.54, 1.807) is 12.1 Å². The molecule has 1 amide bonds. The van der Waals surface area contributed by atoms with E-state index in [9.17, 15) is 4.79 Å². The molecule has 0 saturated carbocycles. The Bertz CT molecular complexity index is 652. The Kier molecular flexibility index (Phi) is 3.79. The van der Waals surface area contributed by atoms with Crippen molar-refractivity contribution in [3.8, 4) is 0 Å². The first kappa shape index (κ1) is 14.1. The molecule has 2 aromatic rings. The minimum absolute atomic E-state index is 0.133. The van der Waals surface area contributed by atoms with Crippen LogP contribution in [0.15, 0.2) is 30.3 Å². The fraction of sp³-hybridized carbons (Fsp3) is 0.235. The van der Waals surface area contributed by atoms with Gasteiger partial charge >= 0.3 is 0 Å². The summed E-state index contributed by atoms with van der Waals surface area (Å²) in [5.74, 6) is -0.133. The van der Waals surface area contributed by atoms with Gasteiger partial charge in [0.1, 0.15) is 0 Å². The number of benzene rings is 2. The zero-order valence-electron chi connectivity index (χ0n) is 12.4. The fourth-order valence-corrected chi connectivity index (χ4v) is 2.34. The fourth-order valence-electron chi connectivity index (χ4n) is 2.34. The molecule has 3 N–H and O–H groups in total. The first-order valence-electron chi connectivity index (χ1n) is 6.64. The molecule has 3 heteroatoms. The van der Waals surface area contributed by atoms with Gasteiger partial charge in [-0.3, -0.25) is 4.79 Å². The molecule has 104 valence electrons. The van der Waals surface area contributed by atoms with Gasteiger partial charge in [-0.25, -0.2) is 0 Å². The molecule has 0 atom stereocenters. The van der Waals surface area contributed by atoms with E-state index in [0.29, 0.717) is 11.3 Å². The Hall–Kier alpha value is -2.29. The third-order valence-corrected chi connectivity index (χ3v) is 3.46. The van der Waals surface area contributed by atoms with Crippen molar-refractivity contribution in [1.29, 1.82) is 0 Å². The third kappa shape index (κ3) is 2.82. The quantitative estimate of drug-likeness (QED) is 0.815. The van der Waals surface area contributed by atoms with E-state index in [-0.39, 0.29) is 5.91 Å². The third-order valence-electron chi connectivity index (χ3n) is 3.46. The minimum Gasteiger partial charge on any atom is -0.398 e. The second kappa shape index (κ2) is 5.37. The van der Waals surface area contributed by atoms with Gasteiger partial charge in [0.05, 0.1) is 0 Å². The van der Waals surface area contributed by atoms with Gasteiger partial charge in [0.15, 0.2) is 0 Å². The standard InChI is InChI=1S/C17H20N2O/c1-10-7-12(3)16(13(4)8-10)19-17(20)14-6-5-11(2)15(18)9-14/h5-9H,18H2,1-4H3,(H,19,20). The number of carbonyl (C=O) groups excluding carboxylic acids is 1. The Morgan fingerprint density at radius 2 is 1.55 bits per heavy atom. The van der Waals surface area contributed by atoms with Crippen LogP contribution in [-0.2, 0) is 0 Å². The molecule has 20 heavy (non-hydrogen) atoms. The molecule has 0 aliphatic heterocycles. The second-order valence-electron chi connectivity index (χ2n) is 5.30. The van der Waals surface area contributed by atoms with Crippen LogP contribution in [0.25, 0.3) is 0 Å². The summed E-state index contributed by atoms with van der Waals surface area (Å²) < 4.78 is 0. The van der Waals surface area contributed by atoms with E-state index in [0.717, 1.165) is 22.4 Å². The second-order valence-corrected chi connectivity index (χ2v) is 5.30. The van der Waals surface area contributed by atoms with Crippen LogP contribution in [0.4, 0.5) is 11.4 Å². The van der Waals surface area contributed by atoms with Crippen LogP contribution >= 0.6 is 0 Å². The number of nitrogens with one attached hydrogen (secondary N) is 1. The molecule has 0 unspecified atom stereocenters. The molecule has 0 saturated heterocycles. The summed E-state index contributed by atoms with van der Waals surface area (Å²) in [5.41, 5.74) is 12.2. The maximum atomic E-state index is 12.3. The maximum absolute atomic E-state index is 12.3. The Morgan fingerprint density at radius 3 is 2.10 bits per heavy atom. The van der Waals surface area contributed by atoms with Gasteiger partial charge < -0.3 is 11.1 Å². The largest absolute Gasteiger partial charge is 0.398 e. The monoisotopic (exact) mass is 268 g/mol. The smallest absolute Gasteiger partial charge is 0.255 e. The Balaban J connectivity index is 2.30. The lowest BCUT2D eigenvalue weighted by atomic mass is 10.0. The molecule has 0 bridgehead atoms. The van der Waals surface area contributed by atoms with Crippen molar-refractivity contribution in [2.45, 2.75) is 27.7 Å². The van der Waals surface area contributed by atoms with E-state index in [2.05, 4.69) is 17.4 Å². The maximum Gasteiger partial charge on any atom is 0.255 e. The molecule has 2 aromatic carbocycles. The van der Waals surface area contributed by atoms with Gasteiger partial charge in [0, 0.05) is 16.9 Å². The number of nitrogen functional groups attached to an aromatic ring is 1. The number of amides is 1. The number of rotatable bonds is 2.